The summed E-state index contributed by atoms with van der Waals surface area (Å²) in [5.41, 5.74) is 9.92. The first-order valence-corrected chi connectivity index (χ1v) is 7.86. The van der Waals surface area contributed by atoms with Gasteiger partial charge in [-0.05, 0) is 48.2 Å². The molecule has 0 aromatic heterocycles. The maximum Gasteiger partial charge on any atom is 0.231 e. The van der Waals surface area contributed by atoms with Gasteiger partial charge >= 0.3 is 0 Å². The zero-order valence-corrected chi connectivity index (χ0v) is 13.3. The number of fused-ring (bicyclic) bond motifs is 1. The molecule has 0 atom stereocenters. The van der Waals surface area contributed by atoms with Gasteiger partial charge in [0.25, 0.3) is 0 Å². The van der Waals surface area contributed by atoms with Crippen molar-refractivity contribution in [2.24, 2.45) is 0 Å². The van der Waals surface area contributed by atoms with Crippen LogP contribution in [0.2, 0.25) is 0 Å². The average Bonchev–Trinajstić information content (AvgIpc) is 2.49. The van der Waals surface area contributed by atoms with E-state index in [1.165, 1.54) is 0 Å². The fraction of sp³-hybridized carbons (Fsp3) is 0.235. The highest BCUT2D eigenvalue weighted by Gasteiger charge is 2.23. The van der Waals surface area contributed by atoms with E-state index in [2.05, 4.69) is 15.9 Å². The highest BCUT2D eigenvalue weighted by molar-refractivity contribution is 9.10. The number of halogens is 1. The van der Waals surface area contributed by atoms with Crippen LogP contribution in [0.4, 0.5) is 11.4 Å². The summed E-state index contributed by atoms with van der Waals surface area (Å²) in [6, 6.07) is 13.7. The Hall–Kier alpha value is -1.81. The zero-order chi connectivity index (χ0) is 14.8. The Kier molecular flexibility index (Phi) is 3.97. The van der Waals surface area contributed by atoms with Crippen molar-refractivity contribution in [3.63, 3.8) is 0 Å². The minimum absolute atomic E-state index is 0.129. The summed E-state index contributed by atoms with van der Waals surface area (Å²) < 4.78 is 1.02. The van der Waals surface area contributed by atoms with E-state index in [-0.39, 0.29) is 5.91 Å². The van der Waals surface area contributed by atoms with Crippen LogP contribution in [0.15, 0.2) is 46.9 Å². The van der Waals surface area contributed by atoms with E-state index in [4.69, 9.17) is 5.73 Å². The van der Waals surface area contributed by atoms with Crippen molar-refractivity contribution >= 4 is 33.2 Å². The van der Waals surface area contributed by atoms with Gasteiger partial charge < -0.3 is 10.6 Å². The number of carbonyl (C=O) groups is 1. The van der Waals surface area contributed by atoms with Crippen LogP contribution in [-0.4, -0.2) is 12.5 Å². The lowest BCUT2D eigenvalue weighted by Gasteiger charge is -2.30. The van der Waals surface area contributed by atoms with E-state index in [1.54, 1.807) is 0 Å². The molecule has 2 N–H and O–H groups in total. The van der Waals surface area contributed by atoms with Crippen LogP contribution < -0.4 is 10.6 Å². The number of carbonyl (C=O) groups excluding carboxylic acids is 1. The molecule has 3 rings (SSSR count). The number of amides is 1. The fourth-order valence-electron chi connectivity index (χ4n) is 2.78. The zero-order valence-electron chi connectivity index (χ0n) is 11.7. The van der Waals surface area contributed by atoms with Crippen molar-refractivity contribution in [1.29, 1.82) is 0 Å². The van der Waals surface area contributed by atoms with Crippen LogP contribution in [0, 0.1) is 0 Å². The Balaban J connectivity index is 1.83. The van der Waals surface area contributed by atoms with Crippen molar-refractivity contribution in [3.05, 3.63) is 58.1 Å². The molecule has 1 amide bonds. The minimum Gasteiger partial charge on any atom is -0.398 e. The number of hydrogen-bond acceptors (Lipinski definition) is 2. The van der Waals surface area contributed by atoms with Gasteiger partial charge in [0, 0.05) is 22.4 Å². The Morgan fingerprint density at radius 3 is 2.71 bits per heavy atom. The summed E-state index contributed by atoms with van der Waals surface area (Å²) in [4.78, 5) is 14.5. The van der Waals surface area contributed by atoms with Gasteiger partial charge in [0.2, 0.25) is 5.91 Å². The van der Waals surface area contributed by atoms with Crippen LogP contribution in [0.5, 0.6) is 0 Å². The van der Waals surface area contributed by atoms with Crippen molar-refractivity contribution in [1.82, 2.24) is 0 Å². The molecule has 4 heteroatoms. The predicted molar refractivity (Wildman–Crippen MR) is 89.4 cm³/mol. The van der Waals surface area contributed by atoms with E-state index in [9.17, 15) is 4.79 Å². The monoisotopic (exact) mass is 344 g/mol. The van der Waals surface area contributed by atoms with E-state index >= 15 is 0 Å². The van der Waals surface area contributed by atoms with E-state index < -0.39 is 0 Å². The molecule has 21 heavy (non-hydrogen) atoms. The molecule has 0 saturated carbocycles. The molecule has 0 aliphatic carbocycles. The number of anilines is 2. The highest BCUT2D eigenvalue weighted by atomic mass is 79.9. The standard InChI is InChI=1S/C17H17BrN2O/c18-13-8-6-12(7-9-13)11-17(21)20-10-2-3-14-15(19)4-1-5-16(14)20/h1,4-9H,2-3,10-11,19H2. The van der Waals surface area contributed by atoms with Gasteiger partial charge in [-0.25, -0.2) is 0 Å². The number of nitrogens with zero attached hydrogens (tertiary/aromatic N) is 1. The number of benzene rings is 2. The van der Waals surface area contributed by atoms with Gasteiger partial charge in [-0.15, -0.1) is 0 Å². The molecular weight excluding hydrogens is 328 g/mol. The number of rotatable bonds is 2. The topological polar surface area (TPSA) is 46.3 Å². The Morgan fingerprint density at radius 2 is 1.95 bits per heavy atom. The van der Waals surface area contributed by atoms with E-state index in [0.717, 1.165) is 46.4 Å². The summed E-state index contributed by atoms with van der Waals surface area (Å²) in [6.45, 7) is 0.770. The molecule has 2 aromatic carbocycles. The van der Waals surface area contributed by atoms with Crippen LogP contribution in [0.3, 0.4) is 0 Å². The molecule has 0 spiro atoms. The largest absolute Gasteiger partial charge is 0.398 e. The smallest absolute Gasteiger partial charge is 0.231 e. The summed E-state index contributed by atoms with van der Waals surface area (Å²) in [5.74, 6) is 0.129. The molecule has 1 aliphatic rings. The second-order valence-electron chi connectivity index (χ2n) is 5.30. The lowest BCUT2D eigenvalue weighted by Crippen LogP contribution is -2.36. The molecule has 0 saturated heterocycles. The van der Waals surface area contributed by atoms with Gasteiger partial charge in [-0.1, -0.05) is 34.1 Å². The van der Waals surface area contributed by atoms with Gasteiger partial charge in [0.05, 0.1) is 6.42 Å². The summed E-state index contributed by atoms with van der Waals surface area (Å²) in [5, 5.41) is 0. The molecule has 0 fully saturated rings. The first kappa shape index (κ1) is 14.1. The van der Waals surface area contributed by atoms with Crippen LogP contribution in [0.1, 0.15) is 17.5 Å². The molecule has 1 heterocycles. The third-order valence-electron chi connectivity index (χ3n) is 3.86. The molecule has 0 radical (unpaired) electrons. The van der Waals surface area contributed by atoms with E-state index in [1.807, 2.05) is 47.4 Å². The van der Waals surface area contributed by atoms with Crippen molar-refractivity contribution in [3.8, 4) is 0 Å². The summed E-state index contributed by atoms with van der Waals surface area (Å²) >= 11 is 3.41. The Morgan fingerprint density at radius 1 is 1.19 bits per heavy atom. The molecule has 0 unspecified atom stereocenters. The first-order chi connectivity index (χ1) is 10.1. The van der Waals surface area contributed by atoms with Gasteiger partial charge in [0.1, 0.15) is 0 Å². The van der Waals surface area contributed by atoms with E-state index in [0.29, 0.717) is 6.42 Å². The maximum absolute atomic E-state index is 12.6. The normalized spacial score (nSPS) is 13.9. The van der Waals surface area contributed by atoms with Gasteiger partial charge in [-0.3, -0.25) is 4.79 Å². The van der Waals surface area contributed by atoms with Crippen LogP contribution in [-0.2, 0) is 17.6 Å². The fourth-order valence-corrected chi connectivity index (χ4v) is 3.05. The minimum atomic E-state index is 0.129. The number of nitrogen functional groups attached to an aromatic ring is 1. The lowest BCUT2D eigenvalue weighted by atomic mass is 9.99. The van der Waals surface area contributed by atoms with Crippen LogP contribution in [0.25, 0.3) is 0 Å². The maximum atomic E-state index is 12.6. The van der Waals surface area contributed by atoms with Crippen molar-refractivity contribution < 1.29 is 4.79 Å². The summed E-state index contributed by atoms with van der Waals surface area (Å²) in [6.07, 6.45) is 2.33. The molecule has 2 aromatic rings. The Labute approximate surface area is 132 Å². The third-order valence-corrected chi connectivity index (χ3v) is 4.39. The molecule has 1 aliphatic heterocycles. The SMILES string of the molecule is Nc1cccc2c1CCCN2C(=O)Cc1ccc(Br)cc1. The Bertz CT molecular complexity index is 667. The second-order valence-corrected chi connectivity index (χ2v) is 6.21. The molecule has 0 bridgehead atoms. The van der Waals surface area contributed by atoms with Crippen molar-refractivity contribution in [2.75, 3.05) is 17.2 Å². The quantitative estimate of drug-likeness (QED) is 0.846. The van der Waals surface area contributed by atoms with Crippen molar-refractivity contribution in [2.45, 2.75) is 19.3 Å². The number of hydrogen-bond donors (Lipinski definition) is 1. The second kappa shape index (κ2) is 5.90. The third kappa shape index (κ3) is 2.95. The first-order valence-electron chi connectivity index (χ1n) is 7.07. The predicted octanol–water partition coefficient (Wildman–Crippen LogP) is 3.55. The number of nitrogens with two attached hydrogens (primary N) is 1. The molecular formula is C17H17BrN2O. The van der Waals surface area contributed by atoms with Crippen LogP contribution >= 0.6 is 15.9 Å². The van der Waals surface area contributed by atoms with Gasteiger partial charge in [-0.2, -0.15) is 0 Å². The van der Waals surface area contributed by atoms with Gasteiger partial charge in [0.15, 0.2) is 0 Å². The highest BCUT2D eigenvalue weighted by Crippen LogP contribution is 2.31. The molecule has 108 valence electrons. The lowest BCUT2D eigenvalue weighted by molar-refractivity contribution is -0.118. The summed E-state index contributed by atoms with van der Waals surface area (Å²) in [7, 11) is 0. The average molecular weight is 345 g/mol. The molecule has 3 nitrogen and oxygen atoms in total.